The molecule has 1 aromatic carbocycles. The first-order valence-corrected chi connectivity index (χ1v) is 4.20. The van der Waals surface area contributed by atoms with Gasteiger partial charge in [-0.15, -0.1) is 0 Å². The quantitative estimate of drug-likeness (QED) is 0.733. The van der Waals surface area contributed by atoms with E-state index in [2.05, 4.69) is 21.1 Å². The zero-order valence-electron chi connectivity index (χ0n) is 7.73. The predicted octanol–water partition coefficient (Wildman–Crippen LogP) is 1.47. The molecule has 4 heteroatoms. The van der Waals surface area contributed by atoms with Crippen molar-refractivity contribution in [2.24, 2.45) is 0 Å². The second-order valence-corrected chi connectivity index (χ2v) is 2.83. The van der Waals surface area contributed by atoms with Crippen LogP contribution in [0.4, 0.5) is 0 Å². The number of benzene rings is 1. The Labute approximate surface area is 81.5 Å². The van der Waals surface area contributed by atoms with E-state index in [-0.39, 0.29) is 0 Å². The summed E-state index contributed by atoms with van der Waals surface area (Å²) in [5.41, 5.74) is 1.11. The molecule has 0 fully saturated rings. The summed E-state index contributed by atoms with van der Waals surface area (Å²) in [5.74, 6) is 1.48. The molecule has 4 nitrogen and oxygen atoms in total. The molecule has 0 saturated heterocycles. The molecule has 0 bridgehead atoms. The highest BCUT2D eigenvalue weighted by Crippen LogP contribution is 2.12. The lowest BCUT2D eigenvalue weighted by Crippen LogP contribution is -1.90. The number of hydrogen-bond acceptors (Lipinski definition) is 4. The monoisotopic (exact) mass is 189 g/mol. The molecule has 0 aliphatic carbocycles. The second-order valence-electron chi connectivity index (χ2n) is 2.83. The molecule has 2 rings (SSSR count). The van der Waals surface area contributed by atoms with Crippen molar-refractivity contribution in [3.8, 4) is 5.75 Å². The van der Waals surface area contributed by atoms with Gasteiger partial charge >= 0.3 is 6.39 Å². The summed E-state index contributed by atoms with van der Waals surface area (Å²) in [6.45, 7) is 0. The number of rotatable bonds is 3. The molecule has 0 saturated carbocycles. The zero-order chi connectivity index (χ0) is 9.80. The van der Waals surface area contributed by atoms with E-state index in [1.165, 1.54) is 0 Å². The minimum atomic E-state index is 0.634. The SMILES string of the molecule is COc1ccc(Cc2n[c]on2)cc1. The first-order chi connectivity index (χ1) is 6.88. The van der Waals surface area contributed by atoms with Crippen LogP contribution in [0.5, 0.6) is 5.75 Å². The van der Waals surface area contributed by atoms with Crippen molar-refractivity contribution in [3.05, 3.63) is 42.0 Å². The molecular formula is C10H9N2O2. The van der Waals surface area contributed by atoms with Crippen molar-refractivity contribution in [3.63, 3.8) is 0 Å². The maximum atomic E-state index is 5.05. The smallest absolute Gasteiger partial charge is 0.316 e. The summed E-state index contributed by atoms with van der Waals surface area (Å²) < 4.78 is 9.57. The van der Waals surface area contributed by atoms with E-state index in [0.29, 0.717) is 12.2 Å². The van der Waals surface area contributed by atoms with Crippen LogP contribution >= 0.6 is 0 Å². The molecule has 1 aromatic heterocycles. The summed E-state index contributed by atoms with van der Waals surface area (Å²) in [6, 6.07) is 7.74. The van der Waals surface area contributed by atoms with Gasteiger partial charge in [-0.25, -0.2) is 0 Å². The van der Waals surface area contributed by atoms with Crippen molar-refractivity contribution in [2.45, 2.75) is 6.42 Å². The molecule has 2 aromatic rings. The number of ether oxygens (including phenoxy) is 1. The molecule has 0 amide bonds. The Bertz CT molecular complexity index is 381. The first kappa shape index (κ1) is 8.74. The summed E-state index contributed by atoms with van der Waals surface area (Å²) in [7, 11) is 1.64. The largest absolute Gasteiger partial charge is 0.497 e. The van der Waals surface area contributed by atoms with Crippen LogP contribution in [0, 0.1) is 6.39 Å². The molecule has 14 heavy (non-hydrogen) atoms. The highest BCUT2D eigenvalue weighted by atomic mass is 16.5. The first-order valence-electron chi connectivity index (χ1n) is 4.20. The van der Waals surface area contributed by atoms with Gasteiger partial charge in [0.15, 0.2) is 5.82 Å². The Morgan fingerprint density at radius 1 is 1.36 bits per heavy atom. The Morgan fingerprint density at radius 2 is 2.14 bits per heavy atom. The van der Waals surface area contributed by atoms with E-state index in [1.807, 2.05) is 24.3 Å². The molecule has 1 heterocycles. The van der Waals surface area contributed by atoms with Crippen molar-refractivity contribution in [2.75, 3.05) is 7.11 Å². The molecule has 0 aliphatic rings. The van der Waals surface area contributed by atoms with Crippen molar-refractivity contribution in [1.29, 1.82) is 0 Å². The van der Waals surface area contributed by atoms with E-state index in [9.17, 15) is 0 Å². The fourth-order valence-corrected chi connectivity index (χ4v) is 1.16. The number of methoxy groups -OCH3 is 1. The molecule has 71 valence electrons. The third-order valence-corrected chi connectivity index (χ3v) is 1.89. The number of aromatic nitrogens is 2. The average molecular weight is 189 g/mol. The van der Waals surface area contributed by atoms with E-state index in [0.717, 1.165) is 11.3 Å². The summed E-state index contributed by atoms with van der Waals surface area (Å²) in [6.07, 6.45) is 2.96. The lowest BCUT2D eigenvalue weighted by molar-refractivity contribution is 0.404. The van der Waals surface area contributed by atoms with Gasteiger partial charge in [-0.2, -0.15) is 4.98 Å². The lowest BCUT2D eigenvalue weighted by Gasteiger charge is -2.00. The minimum absolute atomic E-state index is 0.634. The molecule has 1 radical (unpaired) electrons. The Hall–Kier alpha value is -1.84. The van der Waals surface area contributed by atoms with Crippen LogP contribution < -0.4 is 4.74 Å². The molecule has 0 unspecified atom stereocenters. The van der Waals surface area contributed by atoms with Crippen molar-refractivity contribution >= 4 is 0 Å². The fraction of sp³-hybridized carbons (Fsp3) is 0.200. The molecule has 0 atom stereocenters. The summed E-state index contributed by atoms with van der Waals surface area (Å²) >= 11 is 0. The van der Waals surface area contributed by atoms with Crippen LogP contribution in [-0.4, -0.2) is 17.3 Å². The van der Waals surface area contributed by atoms with Gasteiger partial charge in [-0.3, -0.25) is 0 Å². The third-order valence-electron chi connectivity index (χ3n) is 1.89. The molecule has 0 N–H and O–H groups in total. The third kappa shape index (κ3) is 1.90. The van der Waals surface area contributed by atoms with Gasteiger partial charge in [0.05, 0.1) is 7.11 Å². The molecule has 0 spiro atoms. The highest BCUT2D eigenvalue weighted by Gasteiger charge is 2.01. The zero-order valence-corrected chi connectivity index (χ0v) is 7.73. The standard InChI is InChI=1S/C10H9N2O2/c1-13-9-4-2-8(3-5-9)6-10-11-7-14-12-10/h2-5H,6H2,1H3. The Kier molecular flexibility index (Phi) is 2.44. The van der Waals surface area contributed by atoms with Crippen LogP contribution in [0.3, 0.4) is 0 Å². The van der Waals surface area contributed by atoms with Gasteiger partial charge in [-0.05, 0) is 17.7 Å². The van der Waals surface area contributed by atoms with E-state index in [4.69, 9.17) is 4.74 Å². The van der Waals surface area contributed by atoms with Gasteiger partial charge in [-0.1, -0.05) is 17.3 Å². The highest BCUT2D eigenvalue weighted by molar-refractivity contribution is 5.28. The molecular weight excluding hydrogens is 180 g/mol. The second kappa shape index (κ2) is 3.91. The topological polar surface area (TPSA) is 48.2 Å². The van der Waals surface area contributed by atoms with Gasteiger partial charge in [0.2, 0.25) is 0 Å². The Balaban J connectivity index is 2.10. The van der Waals surface area contributed by atoms with Gasteiger partial charge in [0, 0.05) is 6.42 Å². The number of hydrogen-bond donors (Lipinski definition) is 0. The van der Waals surface area contributed by atoms with E-state index >= 15 is 0 Å². The number of nitrogens with zero attached hydrogens (tertiary/aromatic N) is 2. The molecule has 0 aliphatic heterocycles. The predicted molar refractivity (Wildman–Crippen MR) is 48.9 cm³/mol. The van der Waals surface area contributed by atoms with Gasteiger partial charge in [0.1, 0.15) is 5.75 Å². The van der Waals surface area contributed by atoms with Crippen LogP contribution in [0.1, 0.15) is 11.4 Å². The lowest BCUT2D eigenvalue weighted by atomic mass is 10.1. The minimum Gasteiger partial charge on any atom is -0.497 e. The van der Waals surface area contributed by atoms with E-state index in [1.54, 1.807) is 7.11 Å². The van der Waals surface area contributed by atoms with Crippen molar-refractivity contribution in [1.82, 2.24) is 10.1 Å². The Morgan fingerprint density at radius 3 is 2.71 bits per heavy atom. The maximum absolute atomic E-state index is 5.05. The normalized spacial score (nSPS) is 10.1. The van der Waals surface area contributed by atoms with Crippen LogP contribution in [0.25, 0.3) is 0 Å². The fourth-order valence-electron chi connectivity index (χ4n) is 1.16. The average Bonchev–Trinajstić information content (AvgIpc) is 2.72. The van der Waals surface area contributed by atoms with Gasteiger partial charge in [0.25, 0.3) is 0 Å². The van der Waals surface area contributed by atoms with Crippen molar-refractivity contribution < 1.29 is 9.26 Å². The van der Waals surface area contributed by atoms with Gasteiger partial charge < -0.3 is 9.26 Å². The summed E-state index contributed by atoms with van der Waals surface area (Å²) in [5, 5.41) is 3.68. The van der Waals surface area contributed by atoms with Crippen LogP contribution in [-0.2, 0) is 6.42 Å². The summed E-state index contributed by atoms with van der Waals surface area (Å²) in [4.78, 5) is 3.82. The van der Waals surface area contributed by atoms with Crippen LogP contribution in [0.15, 0.2) is 28.8 Å². The van der Waals surface area contributed by atoms with Crippen LogP contribution in [0.2, 0.25) is 0 Å². The maximum Gasteiger partial charge on any atom is 0.316 e. The van der Waals surface area contributed by atoms with E-state index < -0.39 is 0 Å².